The predicted molar refractivity (Wildman–Crippen MR) is 79.1 cm³/mol. The maximum Gasteiger partial charge on any atom is 0.0274 e. The maximum atomic E-state index is 3.97. The van der Waals surface area contributed by atoms with Crippen LogP contribution in [0.25, 0.3) is 0 Å². The molecular weight excluding hydrogens is 206 g/mol. The van der Waals surface area contributed by atoms with Gasteiger partial charge in [0.1, 0.15) is 0 Å². The molecule has 0 aliphatic carbocycles. The number of rotatable bonds is 8. The second kappa shape index (κ2) is 8.77. The molecule has 0 bridgehead atoms. The lowest BCUT2D eigenvalue weighted by atomic mass is 10.0. The summed E-state index contributed by atoms with van der Waals surface area (Å²) in [6.45, 7) is 15.7. The Bertz CT molecular complexity index is 331. The summed E-state index contributed by atoms with van der Waals surface area (Å²) in [5.74, 6) is 0. The molecule has 0 aromatic rings. The molecular formula is C16H25N. The Labute approximate surface area is 106 Å². The van der Waals surface area contributed by atoms with Crippen LogP contribution in [0.4, 0.5) is 0 Å². The highest BCUT2D eigenvalue weighted by atomic mass is 14.9. The van der Waals surface area contributed by atoms with Crippen molar-refractivity contribution in [1.82, 2.24) is 5.32 Å². The Balaban J connectivity index is 4.27. The third-order valence-corrected chi connectivity index (χ3v) is 2.65. The van der Waals surface area contributed by atoms with Crippen molar-refractivity contribution in [1.29, 1.82) is 0 Å². The lowest BCUT2D eigenvalue weighted by Gasteiger charge is -2.14. The molecule has 0 aromatic carbocycles. The zero-order chi connectivity index (χ0) is 13.3. The minimum absolute atomic E-state index is 0.399. The second-order valence-corrected chi connectivity index (χ2v) is 4.31. The van der Waals surface area contributed by atoms with Crippen LogP contribution in [-0.2, 0) is 0 Å². The molecule has 1 unspecified atom stereocenters. The van der Waals surface area contributed by atoms with Gasteiger partial charge in [0.15, 0.2) is 0 Å². The Kier molecular flexibility index (Phi) is 8.08. The first-order valence-electron chi connectivity index (χ1n) is 6.00. The van der Waals surface area contributed by atoms with Gasteiger partial charge in [-0.25, -0.2) is 0 Å². The van der Waals surface area contributed by atoms with E-state index in [1.165, 1.54) is 5.57 Å². The van der Waals surface area contributed by atoms with Crippen LogP contribution in [0.5, 0.6) is 0 Å². The standard InChI is InChI=1S/C16H25N/c1-7-10-15(13(2)3)11-8-9-12-16(17-6)14(4)5/h7-8,10-11,16-17H,1-2,4,9,12H2,3,5-6H3/b11-8-,15-10+. The summed E-state index contributed by atoms with van der Waals surface area (Å²) in [4.78, 5) is 0. The van der Waals surface area contributed by atoms with Gasteiger partial charge in [0.05, 0.1) is 0 Å². The topological polar surface area (TPSA) is 12.0 Å². The van der Waals surface area contributed by atoms with Gasteiger partial charge in [-0.1, -0.05) is 55.2 Å². The Morgan fingerprint density at radius 2 is 1.94 bits per heavy atom. The molecule has 0 saturated carbocycles. The first-order valence-corrected chi connectivity index (χ1v) is 6.00. The van der Waals surface area contributed by atoms with Gasteiger partial charge in [-0.3, -0.25) is 0 Å². The molecule has 0 heterocycles. The third-order valence-electron chi connectivity index (χ3n) is 2.65. The van der Waals surface area contributed by atoms with E-state index in [0.717, 1.165) is 24.0 Å². The fourth-order valence-corrected chi connectivity index (χ4v) is 1.58. The van der Waals surface area contributed by atoms with Crippen molar-refractivity contribution in [3.8, 4) is 0 Å². The Hall–Kier alpha value is -1.34. The first-order chi connectivity index (χ1) is 8.02. The van der Waals surface area contributed by atoms with Gasteiger partial charge < -0.3 is 5.32 Å². The van der Waals surface area contributed by atoms with Crippen molar-refractivity contribution >= 4 is 0 Å². The van der Waals surface area contributed by atoms with Gasteiger partial charge in [0, 0.05) is 6.04 Å². The molecule has 1 nitrogen and oxygen atoms in total. The maximum absolute atomic E-state index is 3.97. The van der Waals surface area contributed by atoms with Crippen LogP contribution in [0, 0.1) is 0 Å². The van der Waals surface area contributed by atoms with Gasteiger partial charge in [0.25, 0.3) is 0 Å². The average Bonchev–Trinajstić information content (AvgIpc) is 2.26. The fraction of sp³-hybridized carbons (Fsp3) is 0.375. The SMILES string of the molecule is C=C/C=C(\C=C/CCC(NC)C(=C)C)C(=C)C. The summed E-state index contributed by atoms with van der Waals surface area (Å²) in [5.41, 5.74) is 3.38. The summed E-state index contributed by atoms with van der Waals surface area (Å²) in [5, 5.41) is 3.26. The van der Waals surface area contributed by atoms with Crippen molar-refractivity contribution in [3.63, 3.8) is 0 Å². The fourth-order valence-electron chi connectivity index (χ4n) is 1.58. The van der Waals surface area contributed by atoms with Crippen LogP contribution >= 0.6 is 0 Å². The van der Waals surface area contributed by atoms with E-state index < -0.39 is 0 Å². The van der Waals surface area contributed by atoms with Gasteiger partial charge in [-0.2, -0.15) is 0 Å². The third kappa shape index (κ3) is 6.75. The van der Waals surface area contributed by atoms with E-state index in [-0.39, 0.29) is 0 Å². The normalized spacial score (nSPS) is 13.7. The Morgan fingerprint density at radius 1 is 1.29 bits per heavy atom. The summed E-state index contributed by atoms with van der Waals surface area (Å²) in [6.07, 6.45) is 10.2. The van der Waals surface area contributed by atoms with E-state index in [4.69, 9.17) is 0 Å². The molecule has 94 valence electrons. The van der Waals surface area contributed by atoms with Crippen LogP contribution in [-0.4, -0.2) is 13.1 Å². The van der Waals surface area contributed by atoms with Gasteiger partial charge in [-0.15, -0.1) is 0 Å². The lowest BCUT2D eigenvalue weighted by molar-refractivity contribution is 0.594. The van der Waals surface area contributed by atoms with Crippen molar-refractivity contribution in [3.05, 3.63) is 60.8 Å². The zero-order valence-corrected chi connectivity index (χ0v) is 11.4. The van der Waals surface area contributed by atoms with Crippen molar-refractivity contribution in [2.24, 2.45) is 0 Å². The average molecular weight is 231 g/mol. The molecule has 0 aliphatic rings. The molecule has 0 fully saturated rings. The minimum atomic E-state index is 0.399. The van der Waals surface area contributed by atoms with E-state index in [1.807, 2.05) is 20.0 Å². The molecule has 0 saturated heterocycles. The summed E-state index contributed by atoms with van der Waals surface area (Å²) in [7, 11) is 1.97. The highest BCUT2D eigenvalue weighted by Gasteiger charge is 2.03. The summed E-state index contributed by atoms with van der Waals surface area (Å²) < 4.78 is 0. The smallest absolute Gasteiger partial charge is 0.0274 e. The van der Waals surface area contributed by atoms with Crippen LogP contribution in [0.2, 0.25) is 0 Å². The van der Waals surface area contributed by atoms with Crippen LogP contribution in [0.1, 0.15) is 26.7 Å². The molecule has 1 N–H and O–H groups in total. The zero-order valence-electron chi connectivity index (χ0n) is 11.4. The first kappa shape index (κ1) is 15.7. The number of hydrogen-bond acceptors (Lipinski definition) is 1. The van der Waals surface area contributed by atoms with E-state index in [1.54, 1.807) is 6.08 Å². The molecule has 0 aromatic heterocycles. The number of allylic oxidation sites excluding steroid dienone is 6. The van der Waals surface area contributed by atoms with Crippen molar-refractivity contribution in [2.45, 2.75) is 32.7 Å². The number of hydrogen-bond donors (Lipinski definition) is 1. The second-order valence-electron chi connectivity index (χ2n) is 4.31. The molecule has 0 amide bonds. The van der Waals surface area contributed by atoms with Gasteiger partial charge >= 0.3 is 0 Å². The molecule has 0 aliphatic heterocycles. The van der Waals surface area contributed by atoms with Crippen LogP contribution in [0.3, 0.4) is 0 Å². The molecule has 1 heteroatoms. The molecule has 0 spiro atoms. The number of nitrogens with one attached hydrogen (secondary N) is 1. The van der Waals surface area contributed by atoms with Crippen LogP contribution < -0.4 is 5.32 Å². The molecule has 0 radical (unpaired) electrons. The monoisotopic (exact) mass is 231 g/mol. The molecule has 1 atom stereocenters. The van der Waals surface area contributed by atoms with E-state index in [9.17, 15) is 0 Å². The summed E-state index contributed by atoms with van der Waals surface area (Å²) >= 11 is 0. The van der Waals surface area contributed by atoms with Crippen LogP contribution in [0.15, 0.2) is 60.8 Å². The van der Waals surface area contributed by atoms with E-state index in [2.05, 4.69) is 44.1 Å². The molecule has 0 rings (SSSR count). The summed E-state index contributed by atoms with van der Waals surface area (Å²) in [6, 6.07) is 0.399. The molecule has 17 heavy (non-hydrogen) atoms. The van der Waals surface area contributed by atoms with Gasteiger partial charge in [-0.05, 0) is 39.3 Å². The predicted octanol–water partition coefficient (Wildman–Crippen LogP) is 4.18. The van der Waals surface area contributed by atoms with Gasteiger partial charge in [0.2, 0.25) is 0 Å². The minimum Gasteiger partial charge on any atom is -0.313 e. The van der Waals surface area contributed by atoms with Crippen molar-refractivity contribution < 1.29 is 0 Å². The highest BCUT2D eigenvalue weighted by Crippen LogP contribution is 2.11. The van der Waals surface area contributed by atoms with E-state index >= 15 is 0 Å². The van der Waals surface area contributed by atoms with Crippen molar-refractivity contribution in [2.75, 3.05) is 7.05 Å². The highest BCUT2D eigenvalue weighted by molar-refractivity contribution is 5.38. The quantitative estimate of drug-likeness (QED) is 0.488. The van der Waals surface area contributed by atoms with E-state index in [0.29, 0.717) is 6.04 Å². The Morgan fingerprint density at radius 3 is 2.35 bits per heavy atom. The lowest BCUT2D eigenvalue weighted by Crippen LogP contribution is -2.25. The largest absolute Gasteiger partial charge is 0.313 e. The number of likely N-dealkylation sites (N-methyl/N-ethyl adjacent to an activating group) is 1.